The smallest absolute Gasteiger partial charge is 0.101 e. The number of aryl methyl sites for hydroxylation is 1. The van der Waals surface area contributed by atoms with E-state index < -0.39 is 0 Å². The van der Waals surface area contributed by atoms with E-state index in [1.807, 2.05) is 24.4 Å². The lowest BCUT2D eigenvalue weighted by Gasteiger charge is -1.99. The lowest BCUT2D eigenvalue weighted by Crippen LogP contribution is -1.85. The summed E-state index contributed by atoms with van der Waals surface area (Å²) in [7, 11) is 0. The third kappa shape index (κ3) is 1.07. The van der Waals surface area contributed by atoms with Gasteiger partial charge in [0.1, 0.15) is 6.07 Å². The summed E-state index contributed by atoms with van der Waals surface area (Å²) in [4.78, 5) is 0. The molecular weight excluding hydrogens is 180 g/mol. The number of rotatable bonds is 0. The molecule has 0 aliphatic rings. The fourth-order valence-electron chi connectivity index (χ4n) is 1.42. The molecule has 0 aliphatic heterocycles. The van der Waals surface area contributed by atoms with Gasteiger partial charge in [-0.15, -0.1) is 11.3 Å². The molecule has 2 nitrogen and oxygen atoms in total. The molecule has 0 saturated carbocycles. The van der Waals surface area contributed by atoms with E-state index in [4.69, 9.17) is 11.0 Å². The van der Waals surface area contributed by atoms with Crippen molar-refractivity contribution in [3.8, 4) is 6.07 Å². The van der Waals surface area contributed by atoms with Crippen molar-refractivity contribution in [2.75, 3.05) is 5.73 Å². The Bertz CT molecular complexity index is 505. The van der Waals surface area contributed by atoms with Crippen LogP contribution in [0.15, 0.2) is 17.5 Å². The summed E-state index contributed by atoms with van der Waals surface area (Å²) in [5.41, 5.74) is 8.39. The van der Waals surface area contributed by atoms with Gasteiger partial charge in [-0.2, -0.15) is 5.26 Å². The molecule has 1 aromatic heterocycles. The second-order valence-electron chi connectivity index (χ2n) is 2.94. The number of nitriles is 1. The average Bonchev–Trinajstić information content (AvgIpc) is 2.56. The van der Waals surface area contributed by atoms with Crippen LogP contribution in [0.25, 0.3) is 10.1 Å². The van der Waals surface area contributed by atoms with Crippen LogP contribution in [0.4, 0.5) is 5.69 Å². The number of anilines is 1. The van der Waals surface area contributed by atoms with Gasteiger partial charge in [-0.1, -0.05) is 6.07 Å². The van der Waals surface area contributed by atoms with Gasteiger partial charge in [0.05, 0.1) is 10.3 Å². The molecule has 0 atom stereocenters. The van der Waals surface area contributed by atoms with Crippen molar-refractivity contribution in [2.24, 2.45) is 0 Å². The van der Waals surface area contributed by atoms with E-state index >= 15 is 0 Å². The normalized spacial score (nSPS) is 10.2. The Balaban J connectivity index is 2.98. The maximum atomic E-state index is 8.86. The maximum absolute atomic E-state index is 8.86. The fraction of sp³-hybridized carbons (Fsp3) is 0.100. The molecule has 0 fully saturated rings. The predicted molar refractivity (Wildman–Crippen MR) is 55.7 cm³/mol. The summed E-state index contributed by atoms with van der Waals surface area (Å²) < 4.78 is 1.02. The molecule has 2 rings (SSSR count). The van der Waals surface area contributed by atoms with Crippen LogP contribution in [0.3, 0.4) is 0 Å². The third-order valence-corrected chi connectivity index (χ3v) is 3.11. The van der Waals surface area contributed by atoms with Crippen LogP contribution in [-0.4, -0.2) is 0 Å². The molecular formula is C10H8N2S. The number of nitrogens with zero attached hydrogens (tertiary/aromatic N) is 1. The SMILES string of the molecule is Cc1ccc(N)c2scc(C#N)c12. The van der Waals surface area contributed by atoms with Crippen molar-refractivity contribution in [3.05, 3.63) is 28.6 Å². The standard InChI is InChI=1S/C10H8N2S/c1-6-2-3-8(12)10-9(6)7(4-11)5-13-10/h2-3,5H,12H2,1H3. The molecule has 0 unspecified atom stereocenters. The van der Waals surface area contributed by atoms with Crippen LogP contribution in [0.5, 0.6) is 0 Å². The van der Waals surface area contributed by atoms with Crippen molar-refractivity contribution in [3.63, 3.8) is 0 Å². The van der Waals surface area contributed by atoms with Crippen LogP contribution in [-0.2, 0) is 0 Å². The van der Waals surface area contributed by atoms with Crippen molar-refractivity contribution < 1.29 is 0 Å². The molecule has 13 heavy (non-hydrogen) atoms. The Morgan fingerprint density at radius 2 is 2.23 bits per heavy atom. The zero-order chi connectivity index (χ0) is 9.42. The molecule has 1 aromatic carbocycles. The molecule has 0 radical (unpaired) electrons. The van der Waals surface area contributed by atoms with Gasteiger partial charge in [-0.25, -0.2) is 0 Å². The molecule has 0 amide bonds. The number of hydrogen-bond donors (Lipinski definition) is 1. The number of nitrogen functional groups attached to an aromatic ring is 1. The maximum Gasteiger partial charge on any atom is 0.101 e. The fourth-order valence-corrected chi connectivity index (χ4v) is 2.42. The first-order chi connectivity index (χ1) is 6.24. The highest BCUT2D eigenvalue weighted by atomic mass is 32.1. The van der Waals surface area contributed by atoms with E-state index in [9.17, 15) is 0 Å². The molecule has 0 spiro atoms. The molecule has 2 N–H and O–H groups in total. The second kappa shape index (κ2) is 2.75. The van der Waals surface area contributed by atoms with Crippen LogP contribution >= 0.6 is 11.3 Å². The van der Waals surface area contributed by atoms with Gasteiger partial charge in [-0.05, 0) is 18.6 Å². The van der Waals surface area contributed by atoms with Gasteiger partial charge < -0.3 is 5.73 Å². The monoisotopic (exact) mass is 188 g/mol. The number of benzene rings is 1. The zero-order valence-electron chi connectivity index (χ0n) is 7.16. The van der Waals surface area contributed by atoms with E-state index in [0.29, 0.717) is 0 Å². The van der Waals surface area contributed by atoms with E-state index in [-0.39, 0.29) is 0 Å². The summed E-state index contributed by atoms with van der Waals surface area (Å²) in [6, 6.07) is 6.01. The summed E-state index contributed by atoms with van der Waals surface area (Å²) >= 11 is 1.53. The number of hydrogen-bond acceptors (Lipinski definition) is 3. The summed E-state index contributed by atoms with van der Waals surface area (Å²) in [6.45, 7) is 2.00. The quantitative estimate of drug-likeness (QED) is 0.646. The van der Waals surface area contributed by atoms with Gasteiger partial charge in [0.15, 0.2) is 0 Å². The van der Waals surface area contributed by atoms with Gasteiger partial charge in [0.25, 0.3) is 0 Å². The van der Waals surface area contributed by atoms with Crippen LogP contribution < -0.4 is 5.73 Å². The summed E-state index contributed by atoms with van der Waals surface area (Å²) in [5.74, 6) is 0. The highest BCUT2D eigenvalue weighted by Crippen LogP contribution is 2.32. The highest BCUT2D eigenvalue weighted by Gasteiger charge is 2.07. The van der Waals surface area contributed by atoms with Gasteiger partial charge in [-0.3, -0.25) is 0 Å². The number of thiophene rings is 1. The number of nitrogens with two attached hydrogens (primary N) is 1. The minimum absolute atomic E-state index is 0.727. The molecule has 3 heteroatoms. The van der Waals surface area contributed by atoms with Crippen molar-refractivity contribution in [1.29, 1.82) is 5.26 Å². The van der Waals surface area contributed by atoms with E-state index in [1.54, 1.807) is 0 Å². The molecule has 0 saturated heterocycles. The van der Waals surface area contributed by atoms with E-state index in [0.717, 1.165) is 26.9 Å². The Kier molecular flexibility index (Phi) is 1.71. The summed E-state index contributed by atoms with van der Waals surface area (Å²) in [6.07, 6.45) is 0. The zero-order valence-corrected chi connectivity index (χ0v) is 7.98. The van der Waals surface area contributed by atoms with E-state index in [1.165, 1.54) is 11.3 Å². The lowest BCUT2D eigenvalue weighted by atomic mass is 10.1. The Morgan fingerprint density at radius 3 is 2.92 bits per heavy atom. The number of fused-ring (bicyclic) bond motifs is 1. The van der Waals surface area contributed by atoms with E-state index in [2.05, 4.69) is 6.07 Å². The second-order valence-corrected chi connectivity index (χ2v) is 3.82. The van der Waals surface area contributed by atoms with Crippen molar-refractivity contribution in [2.45, 2.75) is 6.92 Å². The molecule has 1 heterocycles. The Labute approximate surface area is 80.2 Å². The van der Waals surface area contributed by atoms with Gasteiger partial charge in [0, 0.05) is 16.5 Å². The molecule has 0 aliphatic carbocycles. The minimum Gasteiger partial charge on any atom is -0.398 e. The Hall–Kier alpha value is -1.53. The lowest BCUT2D eigenvalue weighted by molar-refractivity contribution is 1.49. The topological polar surface area (TPSA) is 49.8 Å². The van der Waals surface area contributed by atoms with Crippen LogP contribution in [0.2, 0.25) is 0 Å². The summed E-state index contributed by atoms with van der Waals surface area (Å²) in [5, 5.41) is 11.7. The first-order valence-electron chi connectivity index (χ1n) is 3.90. The van der Waals surface area contributed by atoms with Crippen molar-refractivity contribution >= 4 is 27.1 Å². The minimum atomic E-state index is 0.727. The predicted octanol–water partition coefficient (Wildman–Crippen LogP) is 2.66. The molecule has 2 aromatic rings. The first kappa shape index (κ1) is 8.09. The van der Waals surface area contributed by atoms with Crippen molar-refractivity contribution in [1.82, 2.24) is 0 Å². The van der Waals surface area contributed by atoms with Crippen LogP contribution in [0, 0.1) is 18.3 Å². The third-order valence-electron chi connectivity index (χ3n) is 2.08. The first-order valence-corrected chi connectivity index (χ1v) is 4.78. The molecule has 64 valence electrons. The Morgan fingerprint density at radius 1 is 1.46 bits per heavy atom. The van der Waals surface area contributed by atoms with Gasteiger partial charge in [0.2, 0.25) is 0 Å². The van der Waals surface area contributed by atoms with Crippen LogP contribution in [0.1, 0.15) is 11.1 Å². The average molecular weight is 188 g/mol. The van der Waals surface area contributed by atoms with Gasteiger partial charge >= 0.3 is 0 Å². The highest BCUT2D eigenvalue weighted by molar-refractivity contribution is 7.18. The largest absolute Gasteiger partial charge is 0.398 e. The molecule has 0 bridgehead atoms.